The van der Waals surface area contributed by atoms with E-state index in [4.69, 9.17) is 0 Å². The molecule has 1 aliphatic carbocycles. The minimum Gasteiger partial charge on any atom is -0.508 e. The molecule has 4 heteroatoms. The summed E-state index contributed by atoms with van der Waals surface area (Å²) in [6.07, 6.45) is 4.38. The molecule has 1 aliphatic rings. The van der Waals surface area contributed by atoms with E-state index in [9.17, 15) is 9.90 Å². The third-order valence-electron chi connectivity index (χ3n) is 3.40. The summed E-state index contributed by atoms with van der Waals surface area (Å²) in [4.78, 5) is 14.4. The Hall–Kier alpha value is -1.03. The highest BCUT2D eigenvalue weighted by atomic mass is 79.9. The molecule has 98 valence electrons. The van der Waals surface area contributed by atoms with Gasteiger partial charge in [-0.1, -0.05) is 22.0 Å². The maximum absolute atomic E-state index is 12.4. The summed E-state index contributed by atoms with van der Waals surface area (Å²) < 4.78 is 0. The number of hydrogen-bond donors (Lipinski definition) is 1. The Balaban J connectivity index is 2.11. The van der Waals surface area contributed by atoms with Gasteiger partial charge in [-0.05, 0) is 43.9 Å². The van der Waals surface area contributed by atoms with Crippen LogP contribution in [0.4, 0.5) is 0 Å². The van der Waals surface area contributed by atoms with Gasteiger partial charge in [0, 0.05) is 23.5 Å². The molecular formula is C14H18BrNO2. The van der Waals surface area contributed by atoms with Gasteiger partial charge in [-0.2, -0.15) is 0 Å². The van der Waals surface area contributed by atoms with E-state index in [1.54, 1.807) is 24.3 Å². The predicted molar refractivity (Wildman–Crippen MR) is 75.2 cm³/mol. The van der Waals surface area contributed by atoms with Gasteiger partial charge >= 0.3 is 0 Å². The molecule has 0 heterocycles. The second-order valence-electron chi connectivity index (χ2n) is 4.68. The lowest BCUT2D eigenvalue weighted by Crippen LogP contribution is -2.44. The van der Waals surface area contributed by atoms with Crippen molar-refractivity contribution in [2.45, 2.75) is 31.7 Å². The van der Waals surface area contributed by atoms with Crippen LogP contribution in [0.1, 0.15) is 36.0 Å². The Bertz CT molecular complexity index is 418. The molecule has 0 unspecified atom stereocenters. The molecule has 18 heavy (non-hydrogen) atoms. The molecule has 3 nitrogen and oxygen atoms in total. The van der Waals surface area contributed by atoms with Crippen molar-refractivity contribution < 1.29 is 9.90 Å². The van der Waals surface area contributed by atoms with Crippen molar-refractivity contribution in [3.8, 4) is 5.75 Å². The number of halogens is 1. The van der Waals surface area contributed by atoms with Crippen LogP contribution in [0.3, 0.4) is 0 Å². The van der Waals surface area contributed by atoms with E-state index >= 15 is 0 Å². The second kappa shape index (κ2) is 6.23. The van der Waals surface area contributed by atoms with Gasteiger partial charge in [-0.25, -0.2) is 0 Å². The first-order chi connectivity index (χ1) is 8.72. The number of hydrogen-bond acceptors (Lipinski definition) is 2. The first-order valence-electron chi connectivity index (χ1n) is 6.38. The summed E-state index contributed by atoms with van der Waals surface area (Å²) in [5.41, 5.74) is 0.580. The molecule has 1 N–H and O–H groups in total. The minimum atomic E-state index is 0.0385. The standard InChI is InChI=1S/C14H18BrNO2/c15-8-3-9-16(12-5-2-6-12)14(18)11-4-1-7-13(17)10-11/h1,4,7,10,12,17H,2-3,5-6,8-9H2. The monoisotopic (exact) mass is 311 g/mol. The van der Waals surface area contributed by atoms with Gasteiger partial charge in [0.15, 0.2) is 0 Å². The maximum atomic E-state index is 12.4. The molecule has 2 rings (SSSR count). The van der Waals surface area contributed by atoms with Gasteiger partial charge in [-0.3, -0.25) is 4.79 Å². The Labute approximate surface area is 116 Å². The fraction of sp³-hybridized carbons (Fsp3) is 0.500. The van der Waals surface area contributed by atoms with E-state index in [0.717, 1.165) is 31.1 Å². The lowest BCUT2D eigenvalue weighted by Gasteiger charge is -2.37. The third-order valence-corrected chi connectivity index (χ3v) is 3.96. The number of carbonyl (C=O) groups excluding carboxylic acids is 1. The Morgan fingerprint density at radius 2 is 2.22 bits per heavy atom. The van der Waals surface area contributed by atoms with Crippen LogP contribution in [0.15, 0.2) is 24.3 Å². The van der Waals surface area contributed by atoms with E-state index in [-0.39, 0.29) is 11.7 Å². The molecule has 1 amide bonds. The van der Waals surface area contributed by atoms with Gasteiger partial charge < -0.3 is 10.0 Å². The van der Waals surface area contributed by atoms with Crippen molar-refractivity contribution >= 4 is 21.8 Å². The highest BCUT2D eigenvalue weighted by Crippen LogP contribution is 2.27. The summed E-state index contributed by atoms with van der Waals surface area (Å²) in [5, 5.41) is 10.4. The molecule has 0 radical (unpaired) electrons. The van der Waals surface area contributed by atoms with Crippen LogP contribution in [0.2, 0.25) is 0 Å². The molecule has 0 aromatic heterocycles. The van der Waals surface area contributed by atoms with Gasteiger partial charge in [0.1, 0.15) is 5.75 Å². The Morgan fingerprint density at radius 1 is 1.44 bits per heavy atom. The smallest absolute Gasteiger partial charge is 0.254 e. The zero-order valence-corrected chi connectivity index (χ0v) is 11.9. The highest BCUT2D eigenvalue weighted by molar-refractivity contribution is 9.09. The first-order valence-corrected chi connectivity index (χ1v) is 7.50. The van der Waals surface area contributed by atoms with Crippen molar-refractivity contribution in [2.75, 3.05) is 11.9 Å². The Kier molecular flexibility index (Phi) is 4.64. The molecule has 1 fully saturated rings. The number of phenols is 1. The molecule has 0 bridgehead atoms. The van der Waals surface area contributed by atoms with E-state index in [2.05, 4.69) is 15.9 Å². The SMILES string of the molecule is O=C(c1cccc(O)c1)N(CCCBr)C1CCC1. The molecule has 0 atom stereocenters. The summed E-state index contributed by atoms with van der Waals surface area (Å²) in [5.74, 6) is 0.187. The Morgan fingerprint density at radius 3 is 2.78 bits per heavy atom. The second-order valence-corrected chi connectivity index (χ2v) is 5.47. The van der Waals surface area contributed by atoms with E-state index in [0.29, 0.717) is 11.6 Å². The lowest BCUT2D eigenvalue weighted by atomic mass is 9.91. The van der Waals surface area contributed by atoms with E-state index < -0.39 is 0 Å². The van der Waals surface area contributed by atoms with Crippen molar-refractivity contribution in [1.29, 1.82) is 0 Å². The lowest BCUT2D eigenvalue weighted by molar-refractivity contribution is 0.0581. The number of alkyl halides is 1. The van der Waals surface area contributed by atoms with Crippen molar-refractivity contribution in [2.24, 2.45) is 0 Å². The average Bonchev–Trinajstić information content (AvgIpc) is 2.31. The molecule has 1 aromatic rings. The van der Waals surface area contributed by atoms with Gasteiger partial charge in [-0.15, -0.1) is 0 Å². The number of rotatable bonds is 5. The van der Waals surface area contributed by atoms with Crippen LogP contribution in [0.5, 0.6) is 5.75 Å². The van der Waals surface area contributed by atoms with Gasteiger partial charge in [0.05, 0.1) is 0 Å². The first kappa shape index (κ1) is 13.4. The third kappa shape index (κ3) is 3.05. The zero-order valence-electron chi connectivity index (χ0n) is 10.3. The molecule has 1 aromatic carbocycles. The summed E-state index contributed by atoms with van der Waals surface area (Å²) in [6.45, 7) is 0.782. The number of benzene rings is 1. The molecule has 0 spiro atoms. The van der Waals surface area contributed by atoms with Crippen LogP contribution in [-0.4, -0.2) is 33.8 Å². The van der Waals surface area contributed by atoms with E-state index in [1.165, 1.54) is 6.42 Å². The van der Waals surface area contributed by atoms with Crippen LogP contribution in [0.25, 0.3) is 0 Å². The van der Waals surface area contributed by atoms with Crippen molar-refractivity contribution in [3.05, 3.63) is 29.8 Å². The molecular weight excluding hydrogens is 294 g/mol. The van der Waals surface area contributed by atoms with Crippen molar-refractivity contribution in [3.63, 3.8) is 0 Å². The van der Waals surface area contributed by atoms with Crippen LogP contribution >= 0.6 is 15.9 Å². The van der Waals surface area contributed by atoms with Crippen LogP contribution < -0.4 is 0 Å². The topological polar surface area (TPSA) is 40.5 Å². The molecule has 0 saturated heterocycles. The van der Waals surface area contributed by atoms with Crippen LogP contribution in [-0.2, 0) is 0 Å². The molecule has 1 saturated carbocycles. The van der Waals surface area contributed by atoms with Gasteiger partial charge in [0.25, 0.3) is 5.91 Å². The number of amides is 1. The largest absolute Gasteiger partial charge is 0.508 e. The number of nitrogens with zero attached hydrogens (tertiary/aromatic N) is 1. The minimum absolute atomic E-state index is 0.0385. The maximum Gasteiger partial charge on any atom is 0.254 e. The zero-order chi connectivity index (χ0) is 13.0. The summed E-state index contributed by atoms with van der Waals surface area (Å²) in [6, 6.07) is 7.00. The number of aromatic hydroxyl groups is 1. The number of phenolic OH excluding ortho intramolecular Hbond substituents is 1. The normalized spacial score (nSPS) is 15.2. The average molecular weight is 312 g/mol. The highest BCUT2D eigenvalue weighted by Gasteiger charge is 2.28. The quantitative estimate of drug-likeness (QED) is 0.848. The van der Waals surface area contributed by atoms with Crippen LogP contribution in [0, 0.1) is 0 Å². The van der Waals surface area contributed by atoms with E-state index in [1.807, 2.05) is 4.90 Å². The van der Waals surface area contributed by atoms with Crippen molar-refractivity contribution in [1.82, 2.24) is 4.90 Å². The summed E-state index contributed by atoms with van der Waals surface area (Å²) in [7, 11) is 0. The fourth-order valence-electron chi connectivity index (χ4n) is 2.18. The predicted octanol–water partition coefficient (Wildman–Crippen LogP) is 3.17. The van der Waals surface area contributed by atoms with Gasteiger partial charge in [0.2, 0.25) is 0 Å². The number of carbonyl (C=O) groups is 1. The fourth-order valence-corrected chi connectivity index (χ4v) is 2.43. The molecule has 0 aliphatic heterocycles. The summed E-state index contributed by atoms with van der Waals surface area (Å²) >= 11 is 3.41.